The van der Waals surface area contributed by atoms with E-state index in [-0.39, 0.29) is 11.9 Å². The Kier molecular flexibility index (Phi) is 8.97. The lowest BCUT2D eigenvalue weighted by Crippen LogP contribution is -2.33. The normalized spacial score (nSPS) is 14.4. The highest BCUT2D eigenvalue weighted by molar-refractivity contribution is 7.98. The summed E-state index contributed by atoms with van der Waals surface area (Å²) in [6.45, 7) is 6.29. The van der Waals surface area contributed by atoms with Gasteiger partial charge in [0, 0.05) is 12.1 Å². The summed E-state index contributed by atoms with van der Waals surface area (Å²) in [5.74, 6) is 1.04. The second kappa shape index (κ2) is 10.2. The van der Waals surface area contributed by atoms with Crippen molar-refractivity contribution in [3.63, 3.8) is 0 Å². The molecule has 120 valence electrons. The van der Waals surface area contributed by atoms with Gasteiger partial charge in [0.15, 0.2) is 0 Å². The molecule has 1 rings (SSSR count). The van der Waals surface area contributed by atoms with E-state index in [1.165, 1.54) is 18.2 Å². The maximum Gasteiger partial charge on any atom is 0.123 e. The first kappa shape index (κ1) is 18.5. The summed E-state index contributed by atoms with van der Waals surface area (Å²) in [6, 6.07) is 7.76. The number of rotatable bonds is 10. The van der Waals surface area contributed by atoms with E-state index < -0.39 is 0 Å². The second-order valence-electron chi connectivity index (χ2n) is 5.57. The SMILES string of the molecule is CCNC(CCN(C)C(C)CCSC)c1cccc(F)c1. The number of hydrogen-bond donors (Lipinski definition) is 1. The lowest BCUT2D eigenvalue weighted by Gasteiger charge is -2.27. The van der Waals surface area contributed by atoms with Gasteiger partial charge in [0.25, 0.3) is 0 Å². The Labute approximate surface area is 133 Å². The summed E-state index contributed by atoms with van der Waals surface area (Å²) in [5, 5.41) is 3.47. The molecule has 4 heteroatoms. The molecule has 0 saturated carbocycles. The van der Waals surface area contributed by atoms with Crippen LogP contribution >= 0.6 is 11.8 Å². The Balaban J connectivity index is 2.55. The summed E-state index contributed by atoms with van der Waals surface area (Å²) < 4.78 is 13.4. The van der Waals surface area contributed by atoms with Crippen LogP contribution in [0.5, 0.6) is 0 Å². The summed E-state index contributed by atoms with van der Waals surface area (Å²) in [5.41, 5.74) is 1.04. The van der Waals surface area contributed by atoms with Crippen LogP contribution in [0, 0.1) is 5.82 Å². The molecule has 0 saturated heterocycles. The molecule has 0 amide bonds. The topological polar surface area (TPSA) is 15.3 Å². The summed E-state index contributed by atoms with van der Waals surface area (Å²) in [7, 11) is 2.18. The maximum atomic E-state index is 13.4. The minimum Gasteiger partial charge on any atom is -0.310 e. The van der Waals surface area contributed by atoms with Crippen molar-refractivity contribution < 1.29 is 4.39 Å². The molecule has 0 aromatic heterocycles. The van der Waals surface area contributed by atoms with Gasteiger partial charge in [0.1, 0.15) is 5.82 Å². The highest BCUT2D eigenvalue weighted by Crippen LogP contribution is 2.19. The first-order valence-corrected chi connectivity index (χ1v) is 9.15. The van der Waals surface area contributed by atoms with Gasteiger partial charge in [-0.1, -0.05) is 19.1 Å². The summed E-state index contributed by atoms with van der Waals surface area (Å²) >= 11 is 1.90. The van der Waals surface area contributed by atoms with Gasteiger partial charge in [-0.3, -0.25) is 0 Å². The molecule has 0 heterocycles. The zero-order chi connectivity index (χ0) is 15.7. The Morgan fingerprint density at radius 3 is 2.71 bits per heavy atom. The molecule has 0 radical (unpaired) electrons. The van der Waals surface area contributed by atoms with Gasteiger partial charge < -0.3 is 10.2 Å². The molecule has 0 fully saturated rings. The number of halogens is 1. The average Bonchev–Trinajstić information content (AvgIpc) is 2.48. The number of benzene rings is 1. The zero-order valence-electron chi connectivity index (χ0n) is 13.7. The van der Waals surface area contributed by atoms with Crippen LogP contribution in [0.3, 0.4) is 0 Å². The predicted molar refractivity (Wildman–Crippen MR) is 92.5 cm³/mol. The molecule has 1 N–H and O–H groups in total. The van der Waals surface area contributed by atoms with E-state index >= 15 is 0 Å². The molecule has 2 unspecified atom stereocenters. The van der Waals surface area contributed by atoms with E-state index in [4.69, 9.17) is 0 Å². The molecule has 0 aliphatic heterocycles. The van der Waals surface area contributed by atoms with E-state index in [0.29, 0.717) is 6.04 Å². The Bertz CT molecular complexity index is 400. The third-order valence-electron chi connectivity index (χ3n) is 3.96. The zero-order valence-corrected chi connectivity index (χ0v) is 14.5. The maximum absolute atomic E-state index is 13.4. The Morgan fingerprint density at radius 2 is 2.10 bits per heavy atom. The van der Waals surface area contributed by atoms with E-state index in [1.807, 2.05) is 17.8 Å². The van der Waals surface area contributed by atoms with E-state index in [1.54, 1.807) is 12.1 Å². The fraction of sp³-hybridized carbons (Fsp3) is 0.647. The van der Waals surface area contributed by atoms with Crippen molar-refractivity contribution in [2.24, 2.45) is 0 Å². The van der Waals surface area contributed by atoms with Crippen LogP contribution in [0.1, 0.15) is 38.3 Å². The summed E-state index contributed by atoms with van der Waals surface area (Å²) in [6.07, 6.45) is 4.36. The van der Waals surface area contributed by atoms with Gasteiger partial charge in [-0.15, -0.1) is 0 Å². The van der Waals surface area contributed by atoms with Gasteiger partial charge in [0.2, 0.25) is 0 Å². The van der Waals surface area contributed by atoms with Gasteiger partial charge in [-0.05, 0) is 69.6 Å². The Hall–Kier alpha value is -0.580. The molecular weight excluding hydrogens is 283 g/mol. The predicted octanol–water partition coefficient (Wildman–Crippen LogP) is 3.94. The van der Waals surface area contributed by atoms with Crippen LogP contribution in [0.2, 0.25) is 0 Å². The third kappa shape index (κ3) is 6.81. The molecule has 0 aliphatic rings. The van der Waals surface area contributed by atoms with Crippen LogP contribution in [0.4, 0.5) is 4.39 Å². The van der Waals surface area contributed by atoms with Crippen molar-refractivity contribution >= 4 is 11.8 Å². The van der Waals surface area contributed by atoms with Crippen molar-refractivity contribution in [3.05, 3.63) is 35.6 Å². The number of hydrogen-bond acceptors (Lipinski definition) is 3. The lowest BCUT2D eigenvalue weighted by atomic mass is 10.0. The molecule has 0 bridgehead atoms. The molecule has 0 spiro atoms. The lowest BCUT2D eigenvalue weighted by molar-refractivity contribution is 0.239. The molecule has 21 heavy (non-hydrogen) atoms. The monoisotopic (exact) mass is 312 g/mol. The van der Waals surface area contributed by atoms with Crippen molar-refractivity contribution in [2.45, 2.75) is 38.8 Å². The highest BCUT2D eigenvalue weighted by Gasteiger charge is 2.14. The fourth-order valence-corrected chi connectivity index (χ4v) is 3.00. The van der Waals surface area contributed by atoms with E-state index in [2.05, 4.69) is 37.4 Å². The minimum absolute atomic E-state index is 0.155. The molecule has 2 atom stereocenters. The molecule has 1 aromatic rings. The standard InChI is InChI=1S/C17H29FN2S/c1-5-19-17(15-7-6-8-16(18)13-15)9-11-20(3)14(2)10-12-21-4/h6-8,13-14,17,19H,5,9-12H2,1-4H3. The molecule has 0 aliphatic carbocycles. The quantitative estimate of drug-likeness (QED) is 0.704. The third-order valence-corrected chi connectivity index (χ3v) is 4.61. The van der Waals surface area contributed by atoms with Crippen LogP contribution in [-0.4, -0.2) is 43.1 Å². The highest BCUT2D eigenvalue weighted by atomic mass is 32.2. The van der Waals surface area contributed by atoms with Gasteiger partial charge >= 0.3 is 0 Å². The number of nitrogens with zero attached hydrogens (tertiary/aromatic N) is 1. The van der Waals surface area contributed by atoms with Crippen molar-refractivity contribution in [2.75, 3.05) is 32.1 Å². The number of nitrogens with one attached hydrogen (secondary N) is 1. The van der Waals surface area contributed by atoms with Gasteiger partial charge in [0.05, 0.1) is 0 Å². The first-order chi connectivity index (χ1) is 10.1. The van der Waals surface area contributed by atoms with E-state index in [0.717, 1.165) is 25.1 Å². The smallest absolute Gasteiger partial charge is 0.123 e. The molecular formula is C17H29FN2S. The van der Waals surface area contributed by atoms with E-state index in [9.17, 15) is 4.39 Å². The Morgan fingerprint density at radius 1 is 1.33 bits per heavy atom. The second-order valence-corrected chi connectivity index (χ2v) is 6.55. The van der Waals surface area contributed by atoms with Crippen LogP contribution in [0.25, 0.3) is 0 Å². The molecule has 2 nitrogen and oxygen atoms in total. The number of thioether (sulfide) groups is 1. The summed E-state index contributed by atoms with van der Waals surface area (Å²) in [4.78, 5) is 2.40. The van der Waals surface area contributed by atoms with Crippen molar-refractivity contribution in [1.29, 1.82) is 0 Å². The van der Waals surface area contributed by atoms with Gasteiger partial charge in [-0.2, -0.15) is 11.8 Å². The van der Waals surface area contributed by atoms with Gasteiger partial charge in [-0.25, -0.2) is 4.39 Å². The fourth-order valence-electron chi connectivity index (χ4n) is 2.42. The first-order valence-electron chi connectivity index (χ1n) is 7.76. The largest absolute Gasteiger partial charge is 0.310 e. The van der Waals surface area contributed by atoms with Crippen LogP contribution < -0.4 is 5.32 Å². The minimum atomic E-state index is -0.155. The van der Waals surface area contributed by atoms with Crippen LogP contribution in [-0.2, 0) is 0 Å². The van der Waals surface area contributed by atoms with Crippen molar-refractivity contribution in [3.8, 4) is 0 Å². The van der Waals surface area contributed by atoms with Crippen LogP contribution in [0.15, 0.2) is 24.3 Å². The molecule has 1 aromatic carbocycles. The average molecular weight is 312 g/mol. The van der Waals surface area contributed by atoms with Crippen molar-refractivity contribution in [1.82, 2.24) is 10.2 Å².